The van der Waals surface area contributed by atoms with Crippen molar-refractivity contribution in [2.75, 3.05) is 7.11 Å². The van der Waals surface area contributed by atoms with Crippen molar-refractivity contribution in [3.05, 3.63) is 58.8 Å². The van der Waals surface area contributed by atoms with Crippen LogP contribution in [0.4, 0.5) is 0 Å². The maximum absolute atomic E-state index is 11.6. The number of hydrogen-bond acceptors (Lipinski definition) is 5. The summed E-state index contributed by atoms with van der Waals surface area (Å²) in [4.78, 5) is 11.6. The topological polar surface area (TPSA) is 103 Å². The minimum Gasteiger partial charge on any atom is -0.496 e. The highest BCUT2D eigenvalue weighted by molar-refractivity contribution is 5.96. The number of hydrogen-bond donors (Lipinski definition) is 2. The number of methoxy groups -OCH3 is 1. The molecule has 3 rings (SSSR count). The van der Waals surface area contributed by atoms with E-state index in [0.29, 0.717) is 23.6 Å². The molecule has 0 aliphatic heterocycles. The predicted octanol–water partition coefficient (Wildman–Crippen LogP) is 3.76. The van der Waals surface area contributed by atoms with Crippen LogP contribution in [0.15, 0.2) is 36.4 Å². The Labute approximate surface area is 170 Å². The number of carbonyl (C=O) groups is 1. The highest BCUT2D eigenvalue weighted by Gasteiger charge is 2.20. The highest BCUT2D eigenvalue weighted by Crippen LogP contribution is 2.34. The van der Waals surface area contributed by atoms with Gasteiger partial charge in [0.2, 0.25) is 0 Å². The number of H-pyrrole nitrogens is 1. The van der Waals surface area contributed by atoms with Crippen LogP contribution in [0.1, 0.15) is 48.0 Å². The monoisotopic (exact) mass is 394 g/mol. The van der Waals surface area contributed by atoms with Crippen LogP contribution < -0.4 is 15.2 Å². The van der Waals surface area contributed by atoms with Crippen molar-refractivity contribution in [1.29, 1.82) is 0 Å². The standard InChI is InChI=1S/C22H26N4O3/c1-13-6-8-16(22(2,3)4)18(10-13)29-12-15-11-14(7-9-17(15)28-5)19-20(21(23)27)25-26-24-19/h6-11H,12H2,1-5H3,(H2,23,27)(H,24,25,26). The van der Waals surface area contributed by atoms with Gasteiger partial charge in [0.15, 0.2) is 5.69 Å². The molecule has 3 N–H and O–H groups in total. The lowest BCUT2D eigenvalue weighted by Crippen LogP contribution is -2.14. The van der Waals surface area contributed by atoms with Crippen molar-refractivity contribution in [2.24, 2.45) is 5.73 Å². The summed E-state index contributed by atoms with van der Waals surface area (Å²) in [5.41, 5.74) is 9.61. The smallest absolute Gasteiger partial charge is 0.271 e. The van der Waals surface area contributed by atoms with Gasteiger partial charge in [0.05, 0.1) is 7.11 Å². The Morgan fingerprint density at radius 1 is 1.10 bits per heavy atom. The van der Waals surface area contributed by atoms with Crippen molar-refractivity contribution >= 4 is 5.91 Å². The van der Waals surface area contributed by atoms with Gasteiger partial charge < -0.3 is 15.2 Å². The van der Waals surface area contributed by atoms with Crippen LogP contribution in [-0.2, 0) is 12.0 Å². The fraction of sp³-hybridized carbons (Fsp3) is 0.318. The van der Waals surface area contributed by atoms with Crippen LogP contribution in [0.3, 0.4) is 0 Å². The first-order valence-corrected chi connectivity index (χ1v) is 9.32. The van der Waals surface area contributed by atoms with E-state index in [1.165, 1.54) is 0 Å². The molecule has 1 amide bonds. The normalized spacial score (nSPS) is 11.3. The van der Waals surface area contributed by atoms with Gasteiger partial charge in [-0.15, -0.1) is 0 Å². The van der Waals surface area contributed by atoms with Gasteiger partial charge in [-0.1, -0.05) is 32.9 Å². The zero-order chi connectivity index (χ0) is 21.2. The number of amides is 1. The summed E-state index contributed by atoms with van der Waals surface area (Å²) in [6.45, 7) is 8.80. The van der Waals surface area contributed by atoms with E-state index >= 15 is 0 Å². The van der Waals surface area contributed by atoms with Gasteiger partial charge in [-0.2, -0.15) is 15.4 Å². The molecule has 0 radical (unpaired) electrons. The minimum absolute atomic E-state index is 0.0495. The molecule has 0 atom stereocenters. The van der Waals surface area contributed by atoms with Gasteiger partial charge in [0, 0.05) is 11.1 Å². The maximum Gasteiger partial charge on any atom is 0.271 e. The predicted molar refractivity (Wildman–Crippen MR) is 111 cm³/mol. The Bertz CT molecular complexity index is 1030. The van der Waals surface area contributed by atoms with Gasteiger partial charge in [-0.25, -0.2) is 0 Å². The average molecular weight is 394 g/mol. The first-order valence-electron chi connectivity index (χ1n) is 9.32. The van der Waals surface area contributed by atoms with Crippen molar-refractivity contribution < 1.29 is 14.3 Å². The third-order valence-corrected chi connectivity index (χ3v) is 4.66. The van der Waals surface area contributed by atoms with Gasteiger partial charge in [-0.3, -0.25) is 4.79 Å². The molecule has 0 bridgehead atoms. The first kappa shape index (κ1) is 20.4. The van der Waals surface area contributed by atoms with E-state index in [-0.39, 0.29) is 11.1 Å². The van der Waals surface area contributed by atoms with Crippen molar-refractivity contribution in [2.45, 2.75) is 39.7 Å². The number of primary amides is 1. The molecule has 7 nitrogen and oxygen atoms in total. The van der Waals surface area contributed by atoms with Crippen molar-refractivity contribution in [3.63, 3.8) is 0 Å². The van der Waals surface area contributed by atoms with Crippen LogP contribution in [0, 0.1) is 6.92 Å². The fourth-order valence-electron chi connectivity index (χ4n) is 3.17. The number of nitrogens with one attached hydrogen (secondary N) is 1. The molecule has 1 aromatic heterocycles. The van der Waals surface area contributed by atoms with Crippen LogP contribution in [0.5, 0.6) is 11.5 Å². The average Bonchev–Trinajstić information content (AvgIpc) is 3.15. The summed E-state index contributed by atoms with van der Waals surface area (Å²) in [6, 6.07) is 11.7. The molecule has 0 unspecified atom stereocenters. The number of benzene rings is 2. The molecule has 29 heavy (non-hydrogen) atoms. The second kappa shape index (κ2) is 7.95. The van der Waals surface area contributed by atoms with E-state index in [1.807, 2.05) is 25.1 Å². The lowest BCUT2D eigenvalue weighted by molar-refractivity contribution is 0.0996. The molecule has 0 aliphatic carbocycles. The van der Waals surface area contributed by atoms with E-state index in [0.717, 1.165) is 22.4 Å². The van der Waals surface area contributed by atoms with Crippen molar-refractivity contribution in [1.82, 2.24) is 15.4 Å². The number of nitrogens with zero attached hydrogens (tertiary/aromatic N) is 2. The SMILES string of the molecule is COc1ccc(-c2n[nH]nc2C(N)=O)cc1COc1cc(C)ccc1C(C)(C)C. The lowest BCUT2D eigenvalue weighted by atomic mass is 9.86. The molecule has 2 aromatic carbocycles. The number of ether oxygens (including phenoxy) is 2. The summed E-state index contributed by atoms with van der Waals surface area (Å²) in [6.07, 6.45) is 0. The molecule has 0 spiro atoms. The summed E-state index contributed by atoms with van der Waals surface area (Å²) in [5.74, 6) is 0.879. The quantitative estimate of drug-likeness (QED) is 0.662. The Kier molecular flexibility index (Phi) is 5.59. The third kappa shape index (κ3) is 4.39. The molecule has 0 saturated heterocycles. The molecule has 152 valence electrons. The molecule has 1 heterocycles. The van der Waals surface area contributed by atoms with Gasteiger partial charge >= 0.3 is 0 Å². The first-order chi connectivity index (χ1) is 13.7. The lowest BCUT2D eigenvalue weighted by Gasteiger charge is -2.23. The minimum atomic E-state index is -0.642. The number of nitrogens with two attached hydrogens (primary N) is 1. The molecular formula is C22H26N4O3. The zero-order valence-electron chi connectivity index (χ0n) is 17.4. The van der Waals surface area contributed by atoms with Gasteiger partial charge in [-0.05, 0) is 47.7 Å². The number of aryl methyl sites for hydroxylation is 1. The second-order valence-corrected chi connectivity index (χ2v) is 7.95. The van der Waals surface area contributed by atoms with E-state index in [1.54, 1.807) is 13.2 Å². The number of carbonyl (C=O) groups excluding carboxylic acids is 1. The fourth-order valence-corrected chi connectivity index (χ4v) is 3.17. The van der Waals surface area contributed by atoms with Crippen LogP contribution in [0.2, 0.25) is 0 Å². The van der Waals surface area contributed by atoms with Gasteiger partial charge in [0.1, 0.15) is 23.8 Å². The second-order valence-electron chi connectivity index (χ2n) is 7.95. The summed E-state index contributed by atoms with van der Waals surface area (Å²) < 4.78 is 11.7. The molecule has 0 aliphatic rings. The molecule has 0 fully saturated rings. The van der Waals surface area contributed by atoms with E-state index in [4.69, 9.17) is 15.2 Å². The number of rotatable bonds is 6. The Hall–Kier alpha value is -3.35. The Morgan fingerprint density at radius 3 is 2.52 bits per heavy atom. The van der Waals surface area contributed by atoms with Crippen LogP contribution in [0.25, 0.3) is 11.3 Å². The van der Waals surface area contributed by atoms with E-state index in [9.17, 15) is 4.79 Å². The van der Waals surface area contributed by atoms with E-state index < -0.39 is 5.91 Å². The van der Waals surface area contributed by atoms with E-state index in [2.05, 4.69) is 48.3 Å². The number of aromatic nitrogens is 3. The molecule has 3 aromatic rings. The highest BCUT2D eigenvalue weighted by atomic mass is 16.5. The maximum atomic E-state index is 11.6. The largest absolute Gasteiger partial charge is 0.496 e. The van der Waals surface area contributed by atoms with Crippen LogP contribution >= 0.6 is 0 Å². The molecule has 7 heteroatoms. The molecule has 0 saturated carbocycles. The Balaban J connectivity index is 1.95. The summed E-state index contributed by atoms with van der Waals surface area (Å²) in [5, 5.41) is 10.3. The third-order valence-electron chi connectivity index (χ3n) is 4.66. The van der Waals surface area contributed by atoms with Gasteiger partial charge in [0.25, 0.3) is 5.91 Å². The zero-order valence-corrected chi connectivity index (χ0v) is 17.4. The Morgan fingerprint density at radius 2 is 1.86 bits per heavy atom. The summed E-state index contributed by atoms with van der Waals surface area (Å²) >= 11 is 0. The number of aromatic amines is 1. The summed E-state index contributed by atoms with van der Waals surface area (Å²) in [7, 11) is 1.61. The van der Waals surface area contributed by atoms with Crippen molar-refractivity contribution in [3.8, 4) is 22.8 Å². The molecular weight excluding hydrogens is 368 g/mol. The van der Waals surface area contributed by atoms with Crippen LogP contribution in [-0.4, -0.2) is 28.4 Å².